The number of nitrogens with zero attached hydrogens (tertiary/aromatic N) is 2. The first kappa shape index (κ1) is 9.61. The van der Waals surface area contributed by atoms with Crippen molar-refractivity contribution in [3.63, 3.8) is 0 Å². The lowest BCUT2D eigenvalue weighted by Gasteiger charge is -1.98. The molecule has 0 saturated carbocycles. The molecule has 0 fully saturated rings. The maximum Gasteiger partial charge on any atom is 0.0534 e. The summed E-state index contributed by atoms with van der Waals surface area (Å²) < 4.78 is 1.96. The maximum absolute atomic E-state index is 5.46. The molecule has 0 amide bonds. The second kappa shape index (κ2) is 5.22. The summed E-state index contributed by atoms with van der Waals surface area (Å²) in [6.45, 7) is 1.59. The van der Waals surface area contributed by atoms with Gasteiger partial charge >= 0.3 is 0 Å². The van der Waals surface area contributed by atoms with Gasteiger partial charge in [0.05, 0.1) is 6.20 Å². The molecule has 0 aliphatic rings. The quantitative estimate of drug-likeness (QED) is 0.698. The van der Waals surface area contributed by atoms with Gasteiger partial charge in [-0.2, -0.15) is 16.9 Å². The maximum atomic E-state index is 5.46. The molecule has 0 unspecified atom stereocenters. The molecule has 1 rings (SSSR count). The molecule has 0 spiro atoms. The zero-order chi connectivity index (χ0) is 8.81. The minimum atomic E-state index is 0.586. The lowest BCUT2D eigenvalue weighted by atomic mass is 10.4. The van der Waals surface area contributed by atoms with Gasteiger partial charge in [-0.3, -0.25) is 4.68 Å². The molecular formula is C8H15N3S. The first-order valence-corrected chi connectivity index (χ1v) is 5.46. The molecule has 4 heteroatoms. The van der Waals surface area contributed by atoms with E-state index in [4.69, 9.17) is 5.73 Å². The van der Waals surface area contributed by atoms with Crippen molar-refractivity contribution in [2.45, 2.75) is 19.5 Å². The number of thioether (sulfide) groups is 1. The summed E-state index contributed by atoms with van der Waals surface area (Å²) in [5, 5.41) is 4.19. The fraction of sp³-hybridized carbons (Fsp3) is 0.625. The number of hydrogen-bond acceptors (Lipinski definition) is 3. The smallest absolute Gasteiger partial charge is 0.0534 e. The van der Waals surface area contributed by atoms with Gasteiger partial charge in [-0.05, 0) is 18.4 Å². The molecule has 0 bridgehead atoms. The van der Waals surface area contributed by atoms with Gasteiger partial charge in [0.15, 0.2) is 0 Å². The second-order valence-corrected chi connectivity index (χ2v) is 3.65. The van der Waals surface area contributed by atoms with Crippen LogP contribution in [-0.4, -0.2) is 21.8 Å². The highest BCUT2D eigenvalue weighted by atomic mass is 32.2. The van der Waals surface area contributed by atoms with Crippen LogP contribution in [0.15, 0.2) is 12.4 Å². The third-order valence-electron chi connectivity index (χ3n) is 1.66. The predicted molar refractivity (Wildman–Crippen MR) is 53.1 cm³/mol. The van der Waals surface area contributed by atoms with E-state index in [0.717, 1.165) is 12.1 Å². The molecule has 1 heterocycles. The Morgan fingerprint density at radius 1 is 1.67 bits per heavy atom. The minimum Gasteiger partial charge on any atom is -0.326 e. The Balaban J connectivity index is 2.31. The summed E-state index contributed by atoms with van der Waals surface area (Å²) in [6.07, 6.45) is 7.14. The fourth-order valence-electron chi connectivity index (χ4n) is 1.00. The van der Waals surface area contributed by atoms with Crippen LogP contribution in [0, 0.1) is 0 Å². The summed E-state index contributed by atoms with van der Waals surface area (Å²) >= 11 is 1.87. The highest BCUT2D eigenvalue weighted by molar-refractivity contribution is 7.98. The Morgan fingerprint density at radius 3 is 3.08 bits per heavy atom. The highest BCUT2D eigenvalue weighted by Gasteiger charge is 1.95. The van der Waals surface area contributed by atoms with Crippen molar-refractivity contribution in [2.75, 3.05) is 12.0 Å². The molecule has 12 heavy (non-hydrogen) atoms. The average Bonchev–Trinajstić information content (AvgIpc) is 2.53. The van der Waals surface area contributed by atoms with Gasteiger partial charge in [-0.1, -0.05) is 0 Å². The van der Waals surface area contributed by atoms with E-state index in [0.29, 0.717) is 6.54 Å². The molecule has 0 saturated heterocycles. The third-order valence-corrected chi connectivity index (χ3v) is 2.36. The van der Waals surface area contributed by atoms with Gasteiger partial charge in [0.25, 0.3) is 0 Å². The predicted octanol–water partition coefficient (Wildman–Crippen LogP) is 1.09. The number of aryl methyl sites for hydroxylation is 1. The van der Waals surface area contributed by atoms with Crippen LogP contribution >= 0.6 is 11.8 Å². The van der Waals surface area contributed by atoms with Crippen molar-refractivity contribution in [1.82, 2.24) is 9.78 Å². The van der Waals surface area contributed by atoms with Crippen LogP contribution in [0.4, 0.5) is 0 Å². The zero-order valence-electron chi connectivity index (χ0n) is 7.36. The van der Waals surface area contributed by atoms with Crippen LogP contribution in [0.2, 0.25) is 0 Å². The summed E-state index contributed by atoms with van der Waals surface area (Å²) in [7, 11) is 0. The molecule has 0 atom stereocenters. The second-order valence-electron chi connectivity index (χ2n) is 2.66. The molecule has 3 nitrogen and oxygen atoms in total. The van der Waals surface area contributed by atoms with E-state index in [1.165, 1.54) is 12.2 Å². The van der Waals surface area contributed by atoms with Gasteiger partial charge in [0.1, 0.15) is 0 Å². The molecule has 0 aliphatic heterocycles. The van der Waals surface area contributed by atoms with Crippen molar-refractivity contribution in [3.05, 3.63) is 18.0 Å². The normalized spacial score (nSPS) is 10.5. The molecule has 2 N–H and O–H groups in total. The highest BCUT2D eigenvalue weighted by Crippen LogP contribution is 2.00. The lowest BCUT2D eigenvalue weighted by Crippen LogP contribution is -1.99. The van der Waals surface area contributed by atoms with E-state index in [-0.39, 0.29) is 0 Å². The summed E-state index contributed by atoms with van der Waals surface area (Å²) in [4.78, 5) is 0. The summed E-state index contributed by atoms with van der Waals surface area (Å²) in [5.74, 6) is 1.19. The van der Waals surface area contributed by atoms with E-state index in [2.05, 4.69) is 11.4 Å². The van der Waals surface area contributed by atoms with Crippen molar-refractivity contribution < 1.29 is 0 Å². The topological polar surface area (TPSA) is 43.8 Å². The van der Waals surface area contributed by atoms with Crippen molar-refractivity contribution in [1.29, 1.82) is 0 Å². The zero-order valence-corrected chi connectivity index (χ0v) is 8.18. The van der Waals surface area contributed by atoms with Crippen LogP contribution in [0.5, 0.6) is 0 Å². The standard InChI is InChI=1S/C8H15N3S/c1-12-4-2-3-11-7-8(5-9)6-10-11/h6-7H,2-5,9H2,1H3. The Kier molecular flexibility index (Phi) is 4.18. The Hall–Kier alpha value is -0.480. The lowest BCUT2D eigenvalue weighted by molar-refractivity contribution is 0.606. The van der Waals surface area contributed by atoms with Crippen molar-refractivity contribution in [3.8, 4) is 0 Å². The van der Waals surface area contributed by atoms with Crippen molar-refractivity contribution in [2.24, 2.45) is 5.73 Å². The molecule has 1 aromatic heterocycles. The number of nitrogens with two attached hydrogens (primary N) is 1. The Morgan fingerprint density at radius 2 is 2.50 bits per heavy atom. The van der Waals surface area contributed by atoms with Crippen LogP contribution in [0.25, 0.3) is 0 Å². The van der Waals surface area contributed by atoms with Crippen LogP contribution in [0.1, 0.15) is 12.0 Å². The number of aromatic nitrogens is 2. The Bertz CT molecular complexity index is 222. The minimum absolute atomic E-state index is 0.586. The van der Waals surface area contributed by atoms with E-state index in [1.54, 1.807) is 0 Å². The SMILES string of the molecule is CSCCCn1cc(CN)cn1. The molecule has 0 aliphatic carbocycles. The molecule has 0 aromatic carbocycles. The van der Waals surface area contributed by atoms with Crippen molar-refractivity contribution >= 4 is 11.8 Å². The largest absolute Gasteiger partial charge is 0.326 e. The fourth-order valence-corrected chi connectivity index (χ4v) is 1.42. The molecule has 0 radical (unpaired) electrons. The average molecular weight is 185 g/mol. The van der Waals surface area contributed by atoms with Gasteiger partial charge < -0.3 is 5.73 Å². The third kappa shape index (κ3) is 2.87. The van der Waals surface area contributed by atoms with Crippen LogP contribution in [0.3, 0.4) is 0 Å². The van der Waals surface area contributed by atoms with Crippen LogP contribution < -0.4 is 5.73 Å². The number of hydrogen-bond donors (Lipinski definition) is 1. The van der Waals surface area contributed by atoms with E-state index >= 15 is 0 Å². The van der Waals surface area contributed by atoms with E-state index in [1.807, 2.05) is 28.8 Å². The monoisotopic (exact) mass is 185 g/mol. The first-order valence-electron chi connectivity index (χ1n) is 4.07. The Labute approximate surface area is 77.3 Å². The van der Waals surface area contributed by atoms with Gasteiger partial charge in [-0.15, -0.1) is 0 Å². The van der Waals surface area contributed by atoms with E-state index < -0.39 is 0 Å². The van der Waals surface area contributed by atoms with E-state index in [9.17, 15) is 0 Å². The number of rotatable bonds is 5. The van der Waals surface area contributed by atoms with Gasteiger partial charge in [0, 0.05) is 24.8 Å². The molecule has 1 aromatic rings. The molecular weight excluding hydrogens is 170 g/mol. The first-order chi connectivity index (χ1) is 5.86. The summed E-state index contributed by atoms with van der Waals surface area (Å²) in [6, 6.07) is 0. The van der Waals surface area contributed by atoms with Crippen LogP contribution in [-0.2, 0) is 13.1 Å². The van der Waals surface area contributed by atoms with Gasteiger partial charge in [0.2, 0.25) is 0 Å². The van der Waals surface area contributed by atoms with Gasteiger partial charge in [-0.25, -0.2) is 0 Å². The summed E-state index contributed by atoms with van der Waals surface area (Å²) in [5.41, 5.74) is 6.57. The molecule has 68 valence electrons.